The van der Waals surface area contributed by atoms with E-state index in [1.165, 1.54) is 25.7 Å². The quantitative estimate of drug-likeness (QED) is 0.669. The van der Waals surface area contributed by atoms with Crippen LogP contribution in [-0.4, -0.2) is 25.3 Å². The first kappa shape index (κ1) is 13.0. The molecule has 0 heterocycles. The van der Waals surface area contributed by atoms with E-state index in [9.17, 15) is 0 Å². The summed E-state index contributed by atoms with van der Waals surface area (Å²) in [5.74, 6) is 0.973. The molecule has 0 aromatic rings. The van der Waals surface area contributed by atoms with Gasteiger partial charge in [-0.3, -0.25) is 0 Å². The fourth-order valence-electron chi connectivity index (χ4n) is 1.87. The van der Waals surface area contributed by atoms with Gasteiger partial charge in [0.2, 0.25) is 0 Å². The maximum atomic E-state index is 5.89. The molecule has 1 aliphatic rings. The molecule has 1 rings (SSSR count). The summed E-state index contributed by atoms with van der Waals surface area (Å²) >= 11 is 0. The number of hydrogen-bond acceptors (Lipinski definition) is 2. The van der Waals surface area contributed by atoms with Gasteiger partial charge in [-0.25, -0.2) is 0 Å². The highest BCUT2D eigenvalue weighted by molar-refractivity contribution is 4.69. The average Bonchev–Trinajstić information content (AvgIpc) is 2.13. The van der Waals surface area contributed by atoms with E-state index in [4.69, 9.17) is 4.74 Å². The monoisotopic (exact) mass is 213 g/mol. The minimum atomic E-state index is 0.410. The summed E-state index contributed by atoms with van der Waals surface area (Å²) in [4.78, 5) is 0. The molecule has 1 atom stereocenters. The van der Waals surface area contributed by atoms with Crippen LogP contribution in [0.2, 0.25) is 0 Å². The minimum Gasteiger partial charge on any atom is -0.377 e. The van der Waals surface area contributed by atoms with E-state index in [0.29, 0.717) is 12.1 Å². The van der Waals surface area contributed by atoms with Gasteiger partial charge in [-0.1, -0.05) is 40.0 Å². The lowest BCUT2D eigenvalue weighted by Crippen LogP contribution is -2.33. The lowest BCUT2D eigenvalue weighted by molar-refractivity contribution is 0.0349. The summed E-state index contributed by atoms with van der Waals surface area (Å²) in [5.41, 5.74) is 0. The van der Waals surface area contributed by atoms with E-state index in [1.54, 1.807) is 0 Å². The molecule has 0 radical (unpaired) electrons. The van der Waals surface area contributed by atoms with Gasteiger partial charge >= 0.3 is 0 Å². The molecule has 0 aliphatic heterocycles. The first-order valence-corrected chi connectivity index (χ1v) is 6.57. The Morgan fingerprint density at radius 1 is 1.33 bits per heavy atom. The summed E-state index contributed by atoms with van der Waals surface area (Å²) < 4.78 is 5.89. The molecule has 1 unspecified atom stereocenters. The number of ether oxygens (including phenoxy) is 1. The molecule has 0 spiro atoms. The zero-order chi connectivity index (χ0) is 11.1. The second kappa shape index (κ2) is 7.24. The first-order chi connectivity index (χ1) is 7.22. The topological polar surface area (TPSA) is 21.3 Å². The van der Waals surface area contributed by atoms with Crippen molar-refractivity contribution in [1.82, 2.24) is 5.32 Å². The van der Waals surface area contributed by atoms with Crippen LogP contribution in [0.3, 0.4) is 0 Å². The fourth-order valence-corrected chi connectivity index (χ4v) is 1.87. The maximum absolute atomic E-state index is 5.89. The third-order valence-electron chi connectivity index (χ3n) is 3.31. The lowest BCUT2D eigenvalue weighted by atomic mass is 9.83. The van der Waals surface area contributed by atoms with Crippen LogP contribution in [0.4, 0.5) is 0 Å². The largest absolute Gasteiger partial charge is 0.377 e. The van der Waals surface area contributed by atoms with Crippen molar-refractivity contribution >= 4 is 0 Å². The van der Waals surface area contributed by atoms with Crippen molar-refractivity contribution in [3.63, 3.8) is 0 Å². The second-order valence-electron chi connectivity index (χ2n) is 5.05. The molecule has 0 aromatic heterocycles. The molecule has 1 fully saturated rings. The smallest absolute Gasteiger partial charge is 0.0696 e. The molecular formula is C13H27NO. The Labute approximate surface area is 94.8 Å². The summed E-state index contributed by atoms with van der Waals surface area (Å²) in [6, 6.07) is 0.564. The average molecular weight is 213 g/mol. The van der Waals surface area contributed by atoms with Crippen LogP contribution in [0.25, 0.3) is 0 Å². The van der Waals surface area contributed by atoms with E-state index in [1.807, 2.05) is 0 Å². The Balaban J connectivity index is 1.99. The van der Waals surface area contributed by atoms with E-state index >= 15 is 0 Å². The minimum absolute atomic E-state index is 0.410. The van der Waals surface area contributed by atoms with Crippen molar-refractivity contribution in [2.75, 3.05) is 13.2 Å². The van der Waals surface area contributed by atoms with Gasteiger partial charge in [-0.2, -0.15) is 0 Å². The highest BCUT2D eigenvalue weighted by atomic mass is 16.5. The molecular weight excluding hydrogens is 186 g/mol. The van der Waals surface area contributed by atoms with Gasteiger partial charge in [0.15, 0.2) is 0 Å². The zero-order valence-corrected chi connectivity index (χ0v) is 10.6. The second-order valence-corrected chi connectivity index (χ2v) is 5.05. The van der Waals surface area contributed by atoms with Gasteiger partial charge < -0.3 is 10.1 Å². The Hall–Kier alpha value is -0.0800. The predicted molar refractivity (Wildman–Crippen MR) is 65.1 cm³/mol. The molecule has 0 aromatic carbocycles. The summed E-state index contributed by atoms with van der Waals surface area (Å²) in [7, 11) is 0. The molecule has 0 bridgehead atoms. The van der Waals surface area contributed by atoms with E-state index in [2.05, 4.69) is 26.1 Å². The van der Waals surface area contributed by atoms with Crippen molar-refractivity contribution in [1.29, 1.82) is 0 Å². The number of hydrogen-bond donors (Lipinski definition) is 1. The number of rotatable bonds is 8. The van der Waals surface area contributed by atoms with Crippen LogP contribution in [0, 0.1) is 5.92 Å². The summed E-state index contributed by atoms with van der Waals surface area (Å²) in [5, 5.41) is 3.44. The molecule has 1 N–H and O–H groups in total. The number of nitrogens with one attached hydrogen (secondary N) is 1. The van der Waals surface area contributed by atoms with Crippen LogP contribution in [0.15, 0.2) is 0 Å². The normalized spacial score (nSPS) is 19.2. The van der Waals surface area contributed by atoms with Crippen LogP contribution in [-0.2, 0) is 4.74 Å². The van der Waals surface area contributed by atoms with Gasteiger partial charge in [-0.15, -0.1) is 0 Å². The first-order valence-electron chi connectivity index (χ1n) is 6.57. The Morgan fingerprint density at radius 2 is 2.07 bits per heavy atom. The predicted octanol–water partition coefficient (Wildman–Crippen LogP) is 2.97. The van der Waals surface area contributed by atoms with Gasteiger partial charge in [0.05, 0.1) is 6.10 Å². The third-order valence-corrected chi connectivity index (χ3v) is 3.31. The SMILES string of the molecule is CCC(CNC(C)C)OCCC1CCC1. The molecule has 1 aliphatic carbocycles. The molecule has 15 heavy (non-hydrogen) atoms. The molecule has 2 heteroatoms. The Kier molecular flexibility index (Phi) is 6.26. The van der Waals surface area contributed by atoms with Crippen LogP contribution in [0.5, 0.6) is 0 Å². The molecule has 90 valence electrons. The van der Waals surface area contributed by atoms with Crippen molar-refractivity contribution in [2.45, 2.75) is 65.0 Å². The van der Waals surface area contributed by atoms with Crippen molar-refractivity contribution in [2.24, 2.45) is 5.92 Å². The summed E-state index contributed by atoms with van der Waals surface area (Å²) in [6.07, 6.45) is 7.11. The van der Waals surface area contributed by atoms with Gasteiger partial charge in [0, 0.05) is 19.2 Å². The Morgan fingerprint density at radius 3 is 2.53 bits per heavy atom. The van der Waals surface area contributed by atoms with Gasteiger partial charge in [0.25, 0.3) is 0 Å². The van der Waals surface area contributed by atoms with Crippen LogP contribution < -0.4 is 5.32 Å². The highest BCUT2D eigenvalue weighted by Crippen LogP contribution is 2.29. The fraction of sp³-hybridized carbons (Fsp3) is 1.00. The molecule has 0 saturated heterocycles. The molecule has 2 nitrogen and oxygen atoms in total. The van der Waals surface area contributed by atoms with Crippen LogP contribution >= 0.6 is 0 Å². The lowest BCUT2D eigenvalue weighted by Gasteiger charge is -2.26. The van der Waals surface area contributed by atoms with E-state index < -0.39 is 0 Å². The van der Waals surface area contributed by atoms with Crippen LogP contribution in [0.1, 0.15) is 52.9 Å². The highest BCUT2D eigenvalue weighted by Gasteiger charge is 2.17. The maximum Gasteiger partial charge on any atom is 0.0696 e. The zero-order valence-electron chi connectivity index (χ0n) is 10.6. The summed E-state index contributed by atoms with van der Waals surface area (Å²) in [6.45, 7) is 8.53. The standard InChI is InChI=1S/C13H27NO/c1-4-13(10-14-11(2)3)15-9-8-12-6-5-7-12/h11-14H,4-10H2,1-3H3. The van der Waals surface area contributed by atoms with Crippen molar-refractivity contribution < 1.29 is 4.74 Å². The Bertz CT molecular complexity index is 155. The third kappa shape index (κ3) is 5.53. The van der Waals surface area contributed by atoms with Crippen molar-refractivity contribution in [3.8, 4) is 0 Å². The van der Waals surface area contributed by atoms with E-state index in [0.717, 1.165) is 25.5 Å². The van der Waals surface area contributed by atoms with E-state index in [-0.39, 0.29) is 0 Å². The van der Waals surface area contributed by atoms with Gasteiger partial charge in [-0.05, 0) is 18.8 Å². The molecule has 1 saturated carbocycles. The van der Waals surface area contributed by atoms with Crippen molar-refractivity contribution in [3.05, 3.63) is 0 Å². The molecule has 0 amide bonds. The van der Waals surface area contributed by atoms with Gasteiger partial charge in [0.1, 0.15) is 0 Å².